The van der Waals surface area contributed by atoms with Crippen molar-refractivity contribution in [3.8, 4) is 0 Å². The smallest absolute Gasteiger partial charge is 0.223 e. The van der Waals surface area contributed by atoms with E-state index in [-0.39, 0.29) is 17.9 Å². The van der Waals surface area contributed by atoms with Gasteiger partial charge in [-0.25, -0.2) is 0 Å². The Labute approximate surface area is 97.0 Å². The molecule has 1 amide bonds. The highest BCUT2D eigenvalue weighted by Gasteiger charge is 2.24. The number of hydrogen-bond acceptors (Lipinski definition) is 3. The molecule has 0 unspecified atom stereocenters. The van der Waals surface area contributed by atoms with Gasteiger partial charge in [-0.1, -0.05) is 12.8 Å². The molecule has 0 radical (unpaired) electrons. The van der Waals surface area contributed by atoms with E-state index in [0.717, 1.165) is 44.8 Å². The van der Waals surface area contributed by atoms with E-state index in [1.165, 1.54) is 0 Å². The van der Waals surface area contributed by atoms with Gasteiger partial charge in [-0.3, -0.25) is 4.79 Å². The predicted molar refractivity (Wildman–Crippen MR) is 62.9 cm³/mol. The molecule has 16 heavy (non-hydrogen) atoms. The highest BCUT2D eigenvalue weighted by atomic mass is 16.2. The van der Waals surface area contributed by atoms with Crippen molar-refractivity contribution in [3.63, 3.8) is 0 Å². The van der Waals surface area contributed by atoms with E-state index in [2.05, 4.69) is 5.32 Å². The molecule has 0 spiro atoms. The fourth-order valence-electron chi connectivity index (χ4n) is 2.17. The van der Waals surface area contributed by atoms with Crippen molar-refractivity contribution in [2.75, 3.05) is 6.54 Å². The van der Waals surface area contributed by atoms with Crippen LogP contribution in [-0.4, -0.2) is 24.8 Å². The molecule has 1 saturated carbocycles. The molecule has 1 atom stereocenters. The third-order valence-corrected chi connectivity index (χ3v) is 3.19. The van der Waals surface area contributed by atoms with Crippen LogP contribution in [0.5, 0.6) is 0 Å². The Kier molecular flexibility index (Phi) is 6.08. The molecule has 1 aliphatic rings. The monoisotopic (exact) mass is 226 g/mol. The number of unbranched alkanes of at least 4 members (excludes halogenated alkanes) is 1. The molecule has 0 saturated heterocycles. The summed E-state index contributed by atoms with van der Waals surface area (Å²) in [6.07, 6.45) is 7.56. The van der Waals surface area contributed by atoms with Gasteiger partial charge in [-0.15, -0.1) is 0 Å². The van der Waals surface area contributed by atoms with Crippen molar-refractivity contribution in [1.29, 1.82) is 0 Å². The van der Waals surface area contributed by atoms with Crippen molar-refractivity contribution in [3.05, 3.63) is 0 Å². The largest absolute Gasteiger partial charge is 0.346 e. The second-order valence-corrected chi connectivity index (χ2v) is 4.52. The van der Waals surface area contributed by atoms with Crippen LogP contribution in [0.3, 0.4) is 0 Å². The average molecular weight is 226 g/mol. The molecule has 92 valence electrons. The first-order valence-corrected chi connectivity index (χ1v) is 6.23. The molecule has 1 rings (SSSR count). The summed E-state index contributed by atoms with van der Waals surface area (Å²) < 4.78 is 0. The first-order valence-electron chi connectivity index (χ1n) is 6.23. The molecule has 4 heteroatoms. The lowest BCUT2D eigenvalue weighted by Gasteiger charge is -2.15. The molecule has 0 aliphatic heterocycles. The van der Waals surface area contributed by atoms with E-state index in [1.807, 2.05) is 0 Å². The maximum Gasteiger partial charge on any atom is 0.223 e. The Morgan fingerprint density at radius 3 is 2.62 bits per heavy atom. The van der Waals surface area contributed by atoms with E-state index < -0.39 is 0 Å². The second-order valence-electron chi connectivity index (χ2n) is 4.52. The first kappa shape index (κ1) is 13.2. The fraction of sp³-hybridized carbons (Fsp3) is 0.833. The van der Waals surface area contributed by atoms with Gasteiger partial charge in [0.05, 0.1) is 6.04 Å². The molecular weight excluding hydrogens is 204 g/mol. The number of rotatable bonds is 7. The third-order valence-electron chi connectivity index (χ3n) is 3.19. The SMILES string of the molecule is NCCCC[C@@H](C=O)NC(=O)C1CCCC1. The molecule has 4 nitrogen and oxygen atoms in total. The maximum atomic E-state index is 11.8. The minimum Gasteiger partial charge on any atom is -0.346 e. The first-order chi connectivity index (χ1) is 7.77. The number of hydrogen-bond donors (Lipinski definition) is 2. The van der Waals surface area contributed by atoms with E-state index >= 15 is 0 Å². The van der Waals surface area contributed by atoms with Crippen molar-refractivity contribution in [2.24, 2.45) is 11.7 Å². The predicted octanol–water partition coefficient (Wildman–Crippen LogP) is 0.989. The van der Waals surface area contributed by atoms with Crippen molar-refractivity contribution >= 4 is 12.2 Å². The molecule has 0 aromatic heterocycles. The van der Waals surface area contributed by atoms with Gasteiger partial charge in [0.2, 0.25) is 5.91 Å². The van der Waals surface area contributed by atoms with Gasteiger partial charge in [-0.05, 0) is 38.6 Å². The summed E-state index contributed by atoms with van der Waals surface area (Å²) in [7, 11) is 0. The number of carbonyl (C=O) groups is 2. The summed E-state index contributed by atoms with van der Waals surface area (Å²) >= 11 is 0. The molecule has 1 fully saturated rings. The van der Waals surface area contributed by atoms with E-state index in [1.54, 1.807) is 0 Å². The fourth-order valence-corrected chi connectivity index (χ4v) is 2.17. The van der Waals surface area contributed by atoms with Crippen LogP contribution >= 0.6 is 0 Å². The van der Waals surface area contributed by atoms with Gasteiger partial charge in [0.25, 0.3) is 0 Å². The van der Waals surface area contributed by atoms with Gasteiger partial charge in [0.1, 0.15) is 6.29 Å². The van der Waals surface area contributed by atoms with Crippen LogP contribution in [0.25, 0.3) is 0 Å². The highest BCUT2D eigenvalue weighted by molar-refractivity contribution is 5.81. The van der Waals surface area contributed by atoms with Crippen molar-refractivity contribution in [1.82, 2.24) is 5.32 Å². The Balaban J connectivity index is 2.25. The highest BCUT2D eigenvalue weighted by Crippen LogP contribution is 2.24. The van der Waals surface area contributed by atoms with Gasteiger partial charge < -0.3 is 15.8 Å². The molecular formula is C12H22N2O2. The molecule has 0 bridgehead atoms. The minimum absolute atomic E-state index is 0.0577. The van der Waals surface area contributed by atoms with Crippen molar-refractivity contribution in [2.45, 2.75) is 51.0 Å². The van der Waals surface area contributed by atoms with Crippen LogP contribution in [0.4, 0.5) is 0 Å². The zero-order chi connectivity index (χ0) is 11.8. The number of carbonyl (C=O) groups excluding carboxylic acids is 2. The second kappa shape index (κ2) is 7.39. The van der Waals surface area contributed by atoms with Crippen LogP contribution in [-0.2, 0) is 9.59 Å². The zero-order valence-corrected chi connectivity index (χ0v) is 9.78. The van der Waals surface area contributed by atoms with Crippen LogP contribution in [0.1, 0.15) is 44.9 Å². The lowest BCUT2D eigenvalue weighted by Crippen LogP contribution is -2.39. The van der Waals surface area contributed by atoms with Gasteiger partial charge in [-0.2, -0.15) is 0 Å². The summed E-state index contributed by atoms with van der Waals surface area (Å²) in [6.45, 7) is 0.641. The summed E-state index contributed by atoms with van der Waals surface area (Å²) in [5, 5.41) is 2.82. The van der Waals surface area contributed by atoms with Crippen LogP contribution in [0.2, 0.25) is 0 Å². The number of amides is 1. The molecule has 0 aromatic carbocycles. The molecule has 0 heterocycles. The summed E-state index contributed by atoms with van der Waals surface area (Å²) in [5.41, 5.74) is 5.38. The summed E-state index contributed by atoms with van der Waals surface area (Å²) in [4.78, 5) is 22.6. The molecule has 0 aromatic rings. The Morgan fingerprint density at radius 2 is 2.06 bits per heavy atom. The normalized spacial score (nSPS) is 18.3. The van der Waals surface area contributed by atoms with Gasteiger partial charge in [0, 0.05) is 5.92 Å². The average Bonchev–Trinajstić information content (AvgIpc) is 2.81. The third kappa shape index (κ3) is 4.31. The van der Waals surface area contributed by atoms with E-state index in [4.69, 9.17) is 5.73 Å². The topological polar surface area (TPSA) is 72.2 Å². The van der Waals surface area contributed by atoms with Crippen molar-refractivity contribution < 1.29 is 9.59 Å². The summed E-state index contributed by atoms with van der Waals surface area (Å²) in [5.74, 6) is 0.194. The Bertz CT molecular complexity index is 225. The van der Waals surface area contributed by atoms with Crippen LogP contribution < -0.4 is 11.1 Å². The van der Waals surface area contributed by atoms with Crippen LogP contribution in [0, 0.1) is 5.92 Å². The van der Waals surface area contributed by atoms with E-state index in [9.17, 15) is 9.59 Å². The van der Waals surface area contributed by atoms with E-state index in [0.29, 0.717) is 13.0 Å². The van der Waals surface area contributed by atoms with Gasteiger partial charge in [0.15, 0.2) is 0 Å². The lowest BCUT2D eigenvalue weighted by atomic mass is 10.1. The minimum atomic E-state index is -0.320. The van der Waals surface area contributed by atoms with Gasteiger partial charge >= 0.3 is 0 Å². The number of nitrogens with two attached hydrogens (primary N) is 1. The van der Waals surface area contributed by atoms with Crippen LogP contribution in [0.15, 0.2) is 0 Å². The standard InChI is InChI=1S/C12H22N2O2/c13-8-4-3-7-11(9-15)14-12(16)10-5-1-2-6-10/h9-11H,1-8,13H2,(H,14,16)/t11-/m0/s1. The Hall–Kier alpha value is -0.900. The number of nitrogens with one attached hydrogen (secondary N) is 1. The molecule has 3 N–H and O–H groups in total. The lowest BCUT2D eigenvalue weighted by molar-refractivity contribution is -0.127. The zero-order valence-electron chi connectivity index (χ0n) is 9.78. The maximum absolute atomic E-state index is 11.8. The number of aldehydes is 1. The summed E-state index contributed by atoms with van der Waals surface area (Å²) in [6, 6.07) is -0.320. The quantitative estimate of drug-likeness (QED) is 0.502. The Morgan fingerprint density at radius 1 is 1.38 bits per heavy atom. The molecule has 1 aliphatic carbocycles.